The van der Waals surface area contributed by atoms with Gasteiger partial charge in [0.15, 0.2) is 0 Å². The monoisotopic (exact) mass is 369 g/mol. The molecule has 0 saturated heterocycles. The predicted octanol–water partition coefficient (Wildman–Crippen LogP) is 4.26. The second-order valence-electron chi connectivity index (χ2n) is 6.19. The highest BCUT2D eigenvalue weighted by atomic mass is 16.5. The van der Waals surface area contributed by atoms with Gasteiger partial charge in [-0.3, -0.25) is 9.59 Å². The van der Waals surface area contributed by atoms with Gasteiger partial charge in [0.25, 0.3) is 0 Å². The lowest BCUT2D eigenvalue weighted by Crippen LogP contribution is -2.22. The summed E-state index contributed by atoms with van der Waals surface area (Å²) >= 11 is 0. The van der Waals surface area contributed by atoms with E-state index in [-0.39, 0.29) is 18.4 Å². The summed E-state index contributed by atoms with van der Waals surface area (Å²) < 4.78 is 5.22. The molecule has 0 aromatic heterocycles. The Balaban J connectivity index is 1.85. The van der Waals surface area contributed by atoms with Gasteiger partial charge in [0, 0.05) is 17.8 Å². The molecule has 0 heterocycles. The van der Waals surface area contributed by atoms with Crippen molar-refractivity contribution in [3.8, 4) is 5.75 Å². The molecule has 2 aromatic rings. The van der Waals surface area contributed by atoms with Gasteiger partial charge in [0.05, 0.1) is 19.3 Å². The van der Waals surface area contributed by atoms with Gasteiger partial charge in [0.1, 0.15) is 5.75 Å². The molecule has 2 aromatic carbocycles. The third-order valence-corrected chi connectivity index (χ3v) is 3.99. The van der Waals surface area contributed by atoms with Crippen molar-refractivity contribution in [3.63, 3.8) is 0 Å². The first-order chi connectivity index (χ1) is 13.1. The Bertz CT molecular complexity index is 762. The van der Waals surface area contributed by atoms with Gasteiger partial charge in [-0.25, -0.2) is 0 Å². The molecule has 0 aliphatic heterocycles. The zero-order valence-electron chi connectivity index (χ0n) is 15.9. The molecule has 6 heteroatoms. The van der Waals surface area contributed by atoms with Crippen LogP contribution in [-0.2, 0) is 9.59 Å². The normalized spacial score (nSPS) is 10.1. The Labute approximate surface area is 160 Å². The standard InChI is InChI=1S/C21H27N3O3/c1-3-4-5-13-20(25)23-17-10-8-9-16(14-17)22-15-21(26)24-18-11-6-7-12-19(18)27-2/h6-12,14,22H,3-5,13,15H2,1-2H3,(H,23,25)(H,24,26). The largest absolute Gasteiger partial charge is 0.495 e. The fraction of sp³-hybridized carbons (Fsp3) is 0.333. The van der Waals surface area contributed by atoms with Crippen molar-refractivity contribution in [2.45, 2.75) is 32.6 Å². The van der Waals surface area contributed by atoms with E-state index in [0.29, 0.717) is 23.5 Å². The smallest absolute Gasteiger partial charge is 0.243 e. The highest BCUT2D eigenvalue weighted by molar-refractivity contribution is 5.95. The van der Waals surface area contributed by atoms with E-state index in [2.05, 4.69) is 22.9 Å². The maximum Gasteiger partial charge on any atom is 0.243 e. The average molecular weight is 369 g/mol. The number of carbonyl (C=O) groups excluding carboxylic acids is 2. The van der Waals surface area contributed by atoms with E-state index in [1.165, 1.54) is 0 Å². The lowest BCUT2D eigenvalue weighted by Gasteiger charge is -2.12. The van der Waals surface area contributed by atoms with E-state index in [0.717, 1.165) is 24.9 Å². The molecular formula is C21H27N3O3. The highest BCUT2D eigenvalue weighted by Crippen LogP contribution is 2.23. The Morgan fingerprint density at radius 3 is 2.48 bits per heavy atom. The summed E-state index contributed by atoms with van der Waals surface area (Å²) in [7, 11) is 1.56. The molecule has 6 nitrogen and oxygen atoms in total. The fourth-order valence-electron chi connectivity index (χ4n) is 2.59. The minimum Gasteiger partial charge on any atom is -0.495 e. The van der Waals surface area contributed by atoms with Gasteiger partial charge >= 0.3 is 0 Å². The number of hydrogen-bond acceptors (Lipinski definition) is 4. The average Bonchev–Trinajstić information content (AvgIpc) is 2.67. The summed E-state index contributed by atoms with van der Waals surface area (Å²) in [6.07, 6.45) is 3.55. The van der Waals surface area contributed by atoms with Crippen LogP contribution in [0.2, 0.25) is 0 Å². The van der Waals surface area contributed by atoms with Crippen LogP contribution < -0.4 is 20.7 Å². The number of methoxy groups -OCH3 is 1. The van der Waals surface area contributed by atoms with Gasteiger partial charge in [-0.05, 0) is 36.8 Å². The molecule has 0 unspecified atom stereocenters. The number of para-hydroxylation sites is 2. The van der Waals surface area contributed by atoms with E-state index in [9.17, 15) is 9.59 Å². The molecule has 144 valence electrons. The Morgan fingerprint density at radius 2 is 1.70 bits per heavy atom. The Hall–Kier alpha value is -3.02. The number of carbonyl (C=O) groups is 2. The van der Waals surface area contributed by atoms with Crippen LogP contribution in [-0.4, -0.2) is 25.5 Å². The third kappa shape index (κ3) is 7.01. The number of nitrogens with one attached hydrogen (secondary N) is 3. The van der Waals surface area contributed by atoms with Gasteiger partial charge in [-0.15, -0.1) is 0 Å². The lowest BCUT2D eigenvalue weighted by atomic mass is 10.2. The molecule has 0 bridgehead atoms. The van der Waals surface area contributed by atoms with Crippen molar-refractivity contribution in [2.24, 2.45) is 0 Å². The molecule has 0 spiro atoms. The van der Waals surface area contributed by atoms with E-state index in [1.54, 1.807) is 19.2 Å². The zero-order chi connectivity index (χ0) is 19.5. The van der Waals surface area contributed by atoms with Gasteiger partial charge in [0.2, 0.25) is 11.8 Å². The zero-order valence-corrected chi connectivity index (χ0v) is 15.9. The molecular weight excluding hydrogens is 342 g/mol. The summed E-state index contributed by atoms with van der Waals surface area (Å²) in [5.74, 6) is 0.432. The molecule has 0 radical (unpaired) electrons. The summed E-state index contributed by atoms with van der Waals surface area (Å²) in [5, 5.41) is 8.76. The Morgan fingerprint density at radius 1 is 0.926 bits per heavy atom. The Kier molecular flexibility index (Phi) is 8.16. The fourth-order valence-corrected chi connectivity index (χ4v) is 2.59. The number of ether oxygens (including phenoxy) is 1. The third-order valence-electron chi connectivity index (χ3n) is 3.99. The maximum atomic E-state index is 12.2. The lowest BCUT2D eigenvalue weighted by molar-refractivity contribution is -0.116. The SMILES string of the molecule is CCCCCC(=O)Nc1cccc(NCC(=O)Nc2ccccc2OC)c1. The summed E-state index contributed by atoms with van der Waals surface area (Å²) in [6.45, 7) is 2.21. The molecule has 0 aliphatic rings. The number of rotatable bonds is 10. The minimum atomic E-state index is -0.187. The molecule has 2 rings (SSSR count). The van der Waals surface area contributed by atoms with Crippen LogP contribution in [0.5, 0.6) is 5.75 Å². The van der Waals surface area contributed by atoms with Gasteiger partial charge in [-0.1, -0.05) is 38.0 Å². The molecule has 0 fully saturated rings. The topological polar surface area (TPSA) is 79.5 Å². The van der Waals surface area contributed by atoms with Crippen molar-refractivity contribution in [3.05, 3.63) is 48.5 Å². The van der Waals surface area contributed by atoms with Crippen LogP contribution in [0.15, 0.2) is 48.5 Å². The van der Waals surface area contributed by atoms with Crippen molar-refractivity contribution < 1.29 is 14.3 Å². The van der Waals surface area contributed by atoms with E-state index >= 15 is 0 Å². The first-order valence-electron chi connectivity index (χ1n) is 9.19. The molecule has 27 heavy (non-hydrogen) atoms. The number of amides is 2. The molecule has 2 amide bonds. The molecule has 0 atom stereocenters. The van der Waals surface area contributed by atoms with Crippen molar-refractivity contribution in [1.29, 1.82) is 0 Å². The van der Waals surface area contributed by atoms with Crippen LogP contribution in [0, 0.1) is 0 Å². The summed E-state index contributed by atoms with van der Waals surface area (Å²) in [6, 6.07) is 14.6. The number of unbranched alkanes of at least 4 members (excludes halogenated alkanes) is 2. The highest BCUT2D eigenvalue weighted by Gasteiger charge is 2.07. The van der Waals surface area contributed by atoms with Crippen LogP contribution in [0.25, 0.3) is 0 Å². The minimum absolute atomic E-state index is 0.00881. The predicted molar refractivity (Wildman–Crippen MR) is 109 cm³/mol. The molecule has 0 aliphatic carbocycles. The second kappa shape index (κ2) is 10.9. The van der Waals surface area contributed by atoms with Crippen molar-refractivity contribution in [2.75, 3.05) is 29.6 Å². The van der Waals surface area contributed by atoms with Crippen LogP contribution in [0.4, 0.5) is 17.1 Å². The van der Waals surface area contributed by atoms with Crippen molar-refractivity contribution in [1.82, 2.24) is 0 Å². The van der Waals surface area contributed by atoms with E-state index in [4.69, 9.17) is 4.74 Å². The summed E-state index contributed by atoms with van der Waals surface area (Å²) in [4.78, 5) is 24.1. The van der Waals surface area contributed by atoms with Gasteiger partial charge in [-0.2, -0.15) is 0 Å². The second-order valence-corrected chi connectivity index (χ2v) is 6.19. The van der Waals surface area contributed by atoms with E-state index < -0.39 is 0 Å². The number of hydrogen-bond donors (Lipinski definition) is 3. The molecule has 3 N–H and O–H groups in total. The van der Waals surface area contributed by atoms with Crippen LogP contribution in [0.3, 0.4) is 0 Å². The summed E-state index contributed by atoms with van der Waals surface area (Å²) in [5.41, 5.74) is 2.10. The quantitative estimate of drug-likeness (QED) is 0.547. The molecule has 0 saturated carbocycles. The number of benzene rings is 2. The maximum absolute atomic E-state index is 12.2. The first-order valence-corrected chi connectivity index (χ1v) is 9.19. The first kappa shape index (κ1) is 20.3. The van der Waals surface area contributed by atoms with Crippen molar-refractivity contribution >= 4 is 28.9 Å². The van der Waals surface area contributed by atoms with E-state index in [1.807, 2.05) is 36.4 Å². The van der Waals surface area contributed by atoms with Crippen LogP contribution >= 0.6 is 0 Å². The van der Waals surface area contributed by atoms with Gasteiger partial charge < -0.3 is 20.7 Å². The van der Waals surface area contributed by atoms with Crippen LogP contribution in [0.1, 0.15) is 32.6 Å². The number of anilines is 3.